The van der Waals surface area contributed by atoms with Gasteiger partial charge in [-0.05, 0) is 19.8 Å². The van der Waals surface area contributed by atoms with Crippen LogP contribution in [0.3, 0.4) is 0 Å². The minimum absolute atomic E-state index is 0.931. The zero-order valence-corrected chi connectivity index (χ0v) is 4.98. The van der Waals surface area contributed by atoms with Crippen LogP contribution in [0.2, 0.25) is 0 Å². The maximum absolute atomic E-state index is 3.67. The Morgan fingerprint density at radius 3 is 2.57 bits per heavy atom. The van der Waals surface area contributed by atoms with Gasteiger partial charge in [0, 0.05) is 0 Å². The van der Waals surface area contributed by atoms with E-state index in [9.17, 15) is 0 Å². The van der Waals surface area contributed by atoms with Gasteiger partial charge in [-0.25, -0.2) is 0 Å². The van der Waals surface area contributed by atoms with Crippen molar-refractivity contribution in [2.24, 2.45) is 0 Å². The summed E-state index contributed by atoms with van der Waals surface area (Å²) in [7, 11) is 0. The molecule has 0 spiro atoms. The number of allylic oxidation sites excluding steroid dienone is 2. The van der Waals surface area contributed by atoms with Crippen molar-refractivity contribution < 1.29 is 0 Å². The molecule has 1 radical (unpaired) electrons. The van der Waals surface area contributed by atoms with Gasteiger partial charge in [0.05, 0.1) is 0 Å². The Labute approximate surface area is 46.2 Å². The molecule has 0 amide bonds. The Morgan fingerprint density at radius 2 is 2.14 bits per heavy atom. The summed E-state index contributed by atoms with van der Waals surface area (Å²) in [5.74, 6) is 0. The van der Waals surface area contributed by atoms with Gasteiger partial charge in [0.15, 0.2) is 0 Å². The van der Waals surface area contributed by atoms with E-state index in [4.69, 9.17) is 0 Å². The summed E-state index contributed by atoms with van der Waals surface area (Å²) >= 11 is 0. The molecule has 0 aliphatic carbocycles. The van der Waals surface area contributed by atoms with Crippen LogP contribution >= 0.6 is 0 Å². The van der Waals surface area contributed by atoms with E-state index in [2.05, 4.69) is 26.0 Å². The number of rotatable bonds is 3. The molecule has 0 atom stereocenters. The van der Waals surface area contributed by atoms with Crippen LogP contribution in [-0.4, -0.2) is 0 Å². The van der Waals surface area contributed by atoms with Gasteiger partial charge < -0.3 is 0 Å². The van der Waals surface area contributed by atoms with Crippen LogP contribution in [0, 0.1) is 6.92 Å². The van der Waals surface area contributed by atoms with Crippen molar-refractivity contribution in [3.63, 3.8) is 0 Å². The summed E-state index contributed by atoms with van der Waals surface area (Å²) in [6, 6.07) is 0. The molecule has 0 saturated heterocycles. The van der Waals surface area contributed by atoms with E-state index in [-0.39, 0.29) is 0 Å². The topological polar surface area (TPSA) is 0 Å². The fraction of sp³-hybridized carbons (Fsp3) is 0.571. The third kappa shape index (κ3) is 5.74. The lowest BCUT2D eigenvalue weighted by Gasteiger charge is -1.79. The normalized spacial score (nSPS) is 10.6. The summed E-state index contributed by atoms with van der Waals surface area (Å²) < 4.78 is 0. The highest BCUT2D eigenvalue weighted by atomic mass is 13.7. The molecule has 0 rings (SSSR count). The maximum Gasteiger partial charge on any atom is -0.0351 e. The van der Waals surface area contributed by atoms with E-state index >= 15 is 0 Å². The average molecular weight is 97.2 g/mol. The van der Waals surface area contributed by atoms with E-state index < -0.39 is 0 Å². The Kier molecular flexibility index (Phi) is 5.53. The highest BCUT2D eigenvalue weighted by Crippen LogP contribution is 1.88. The van der Waals surface area contributed by atoms with Crippen molar-refractivity contribution >= 4 is 0 Å². The fourth-order valence-corrected chi connectivity index (χ4v) is 0.402. The van der Waals surface area contributed by atoms with Crippen LogP contribution in [0.25, 0.3) is 0 Å². The van der Waals surface area contributed by atoms with Gasteiger partial charge in [-0.1, -0.05) is 25.5 Å². The molecule has 0 aliphatic heterocycles. The minimum atomic E-state index is 0.931. The summed E-state index contributed by atoms with van der Waals surface area (Å²) in [6.07, 6.45) is 7.66. The Bertz CT molecular complexity index is 44.0. The second-order valence-corrected chi connectivity index (χ2v) is 1.55. The highest BCUT2D eigenvalue weighted by molar-refractivity contribution is 4.81. The van der Waals surface area contributed by atoms with Gasteiger partial charge in [0.2, 0.25) is 0 Å². The van der Waals surface area contributed by atoms with Crippen LogP contribution in [0.15, 0.2) is 12.2 Å². The SMILES string of the molecule is [CH2]C/C=C/CCC. The van der Waals surface area contributed by atoms with E-state index in [0.717, 1.165) is 6.42 Å². The maximum atomic E-state index is 3.67. The smallest absolute Gasteiger partial charge is 0.0351 e. The quantitative estimate of drug-likeness (QED) is 0.475. The van der Waals surface area contributed by atoms with E-state index in [1.165, 1.54) is 12.8 Å². The van der Waals surface area contributed by atoms with Crippen LogP contribution in [0.1, 0.15) is 26.2 Å². The molecule has 0 heterocycles. The predicted molar refractivity (Wildman–Crippen MR) is 34.0 cm³/mol. The molecule has 0 fully saturated rings. The summed E-state index contributed by atoms with van der Waals surface area (Å²) in [6.45, 7) is 5.84. The first kappa shape index (κ1) is 6.74. The molecule has 0 aromatic heterocycles. The van der Waals surface area contributed by atoms with Crippen molar-refractivity contribution in [3.05, 3.63) is 19.1 Å². The molecular formula is C7H13. The molecule has 0 bridgehead atoms. The molecule has 0 N–H and O–H groups in total. The van der Waals surface area contributed by atoms with Gasteiger partial charge in [0.25, 0.3) is 0 Å². The summed E-state index contributed by atoms with van der Waals surface area (Å²) in [5.41, 5.74) is 0. The molecule has 0 saturated carbocycles. The van der Waals surface area contributed by atoms with Crippen molar-refractivity contribution in [2.75, 3.05) is 0 Å². The third-order valence-corrected chi connectivity index (χ3v) is 0.789. The zero-order valence-electron chi connectivity index (χ0n) is 4.98. The average Bonchev–Trinajstić information content (AvgIpc) is 1.69. The first-order chi connectivity index (χ1) is 3.41. The molecule has 41 valence electrons. The number of unbranched alkanes of at least 4 members (excludes halogenated alkanes) is 1. The standard InChI is InChI=1S/C7H13/c1-3-5-7-6-4-2/h5,7H,1,3-4,6H2,2H3/b7-5+. The van der Waals surface area contributed by atoms with Crippen LogP contribution in [0.5, 0.6) is 0 Å². The van der Waals surface area contributed by atoms with Crippen LogP contribution in [0.4, 0.5) is 0 Å². The van der Waals surface area contributed by atoms with Crippen molar-refractivity contribution in [3.8, 4) is 0 Å². The Hall–Kier alpha value is -0.260. The van der Waals surface area contributed by atoms with E-state index in [1.54, 1.807) is 0 Å². The molecular weight excluding hydrogens is 84.1 g/mol. The van der Waals surface area contributed by atoms with E-state index in [1.807, 2.05) is 0 Å². The predicted octanol–water partition coefficient (Wildman–Crippen LogP) is 2.57. The lowest BCUT2D eigenvalue weighted by atomic mass is 10.3. The highest BCUT2D eigenvalue weighted by Gasteiger charge is 1.68. The van der Waals surface area contributed by atoms with Gasteiger partial charge >= 0.3 is 0 Å². The van der Waals surface area contributed by atoms with Crippen molar-refractivity contribution in [1.29, 1.82) is 0 Å². The van der Waals surface area contributed by atoms with E-state index in [0.29, 0.717) is 0 Å². The summed E-state index contributed by atoms with van der Waals surface area (Å²) in [4.78, 5) is 0. The molecule has 0 heteroatoms. The Morgan fingerprint density at radius 1 is 1.43 bits per heavy atom. The largest absolute Gasteiger partial charge is 0.0885 e. The first-order valence-corrected chi connectivity index (χ1v) is 2.86. The van der Waals surface area contributed by atoms with Gasteiger partial charge in [0.1, 0.15) is 0 Å². The molecule has 0 unspecified atom stereocenters. The van der Waals surface area contributed by atoms with Crippen LogP contribution < -0.4 is 0 Å². The number of hydrogen-bond donors (Lipinski definition) is 0. The molecule has 7 heavy (non-hydrogen) atoms. The Balaban J connectivity index is 2.78. The van der Waals surface area contributed by atoms with Crippen molar-refractivity contribution in [2.45, 2.75) is 26.2 Å². The molecule has 0 aromatic rings. The lowest BCUT2D eigenvalue weighted by Crippen LogP contribution is -1.59. The molecule has 0 aliphatic rings. The van der Waals surface area contributed by atoms with Crippen LogP contribution in [-0.2, 0) is 0 Å². The number of hydrogen-bond acceptors (Lipinski definition) is 0. The van der Waals surface area contributed by atoms with Crippen molar-refractivity contribution in [1.82, 2.24) is 0 Å². The third-order valence-electron chi connectivity index (χ3n) is 0.789. The second kappa shape index (κ2) is 5.74. The first-order valence-electron chi connectivity index (χ1n) is 2.86. The molecule has 0 nitrogen and oxygen atoms in total. The van der Waals surface area contributed by atoms with Gasteiger partial charge in [-0.2, -0.15) is 0 Å². The fourth-order valence-electron chi connectivity index (χ4n) is 0.402. The van der Waals surface area contributed by atoms with Gasteiger partial charge in [-0.3, -0.25) is 0 Å². The monoisotopic (exact) mass is 97.1 g/mol. The summed E-state index contributed by atoms with van der Waals surface area (Å²) in [5, 5.41) is 0. The molecule has 0 aromatic carbocycles. The second-order valence-electron chi connectivity index (χ2n) is 1.55. The zero-order chi connectivity index (χ0) is 5.54. The lowest BCUT2D eigenvalue weighted by molar-refractivity contribution is 0.954. The minimum Gasteiger partial charge on any atom is -0.0885 e. The van der Waals surface area contributed by atoms with Gasteiger partial charge in [-0.15, -0.1) is 0 Å².